The van der Waals surface area contributed by atoms with Crippen LogP contribution in [0.3, 0.4) is 0 Å². The smallest absolute Gasteiger partial charge is 0.343 e. The zero-order valence-corrected chi connectivity index (χ0v) is 12.4. The van der Waals surface area contributed by atoms with Crippen molar-refractivity contribution in [3.8, 4) is 5.75 Å². The van der Waals surface area contributed by atoms with E-state index in [-0.39, 0.29) is 0 Å². The number of ether oxygens (including phenoxy) is 1. The van der Waals surface area contributed by atoms with Crippen molar-refractivity contribution in [2.24, 2.45) is 5.16 Å². The van der Waals surface area contributed by atoms with Gasteiger partial charge in [0, 0.05) is 5.02 Å². The third-order valence-corrected chi connectivity index (χ3v) is 3.18. The van der Waals surface area contributed by atoms with E-state index in [1.165, 1.54) is 6.21 Å². The minimum absolute atomic E-state index is 0.391. The van der Waals surface area contributed by atoms with Crippen molar-refractivity contribution in [2.75, 3.05) is 0 Å². The molecule has 0 spiro atoms. The van der Waals surface area contributed by atoms with Gasteiger partial charge in [0.25, 0.3) is 0 Å². The number of hydrogen-bond donors (Lipinski definition) is 1. The molecule has 0 fully saturated rings. The summed E-state index contributed by atoms with van der Waals surface area (Å²) in [5.74, 6) is 0.0299. The molecule has 0 heterocycles. The fourth-order valence-corrected chi connectivity index (χ4v) is 2.24. The minimum atomic E-state index is -0.465. The molecule has 0 aliphatic rings. The maximum absolute atomic E-state index is 12.1. The van der Waals surface area contributed by atoms with Crippen LogP contribution in [0.1, 0.15) is 27.0 Å². The van der Waals surface area contributed by atoms with Crippen LogP contribution in [0.2, 0.25) is 5.02 Å². The second-order valence-electron chi connectivity index (χ2n) is 4.63. The van der Waals surface area contributed by atoms with Crippen LogP contribution in [0.5, 0.6) is 5.75 Å². The number of esters is 1. The Bertz CT molecular complexity index is 687. The van der Waals surface area contributed by atoms with Gasteiger partial charge in [-0.05, 0) is 60.9 Å². The van der Waals surface area contributed by atoms with Crippen LogP contribution < -0.4 is 4.74 Å². The second kappa shape index (κ2) is 6.41. The molecule has 0 unspecified atom stereocenters. The van der Waals surface area contributed by atoms with Crippen molar-refractivity contribution in [3.63, 3.8) is 0 Å². The highest BCUT2D eigenvalue weighted by Gasteiger charge is 2.13. The van der Waals surface area contributed by atoms with Gasteiger partial charge in [0.15, 0.2) is 0 Å². The average molecular weight is 304 g/mol. The Hall–Kier alpha value is -2.33. The van der Waals surface area contributed by atoms with E-state index in [9.17, 15) is 4.79 Å². The Labute approximate surface area is 127 Å². The summed E-state index contributed by atoms with van der Waals surface area (Å²) in [6.45, 7) is 3.64. The molecule has 0 aromatic heterocycles. The molecule has 4 nitrogen and oxygen atoms in total. The lowest BCUT2D eigenvalue weighted by Gasteiger charge is -2.11. The minimum Gasteiger partial charge on any atom is -0.422 e. The fraction of sp³-hybridized carbons (Fsp3) is 0.125. The summed E-state index contributed by atoms with van der Waals surface area (Å²) in [5, 5.41) is 12.0. The van der Waals surface area contributed by atoms with Crippen molar-refractivity contribution in [1.82, 2.24) is 0 Å². The van der Waals surface area contributed by atoms with Gasteiger partial charge < -0.3 is 9.94 Å². The van der Waals surface area contributed by atoms with Crippen LogP contribution in [0.15, 0.2) is 41.6 Å². The van der Waals surface area contributed by atoms with E-state index in [0.717, 1.165) is 16.7 Å². The number of carbonyl (C=O) groups excluding carboxylic acids is 1. The van der Waals surface area contributed by atoms with Crippen molar-refractivity contribution >= 4 is 23.8 Å². The largest absolute Gasteiger partial charge is 0.422 e. The number of carbonyl (C=O) groups is 1. The van der Waals surface area contributed by atoms with Gasteiger partial charge in [-0.3, -0.25) is 0 Å². The standard InChI is InChI=1S/C16H14ClNO3/c1-10-6-12(9-18-20)7-11(2)15(10)21-16(19)13-4-3-5-14(17)8-13/h3-9,20H,1-2H3/b18-9+. The van der Waals surface area contributed by atoms with Gasteiger partial charge in [-0.15, -0.1) is 0 Å². The van der Waals surface area contributed by atoms with Crippen molar-refractivity contribution in [1.29, 1.82) is 0 Å². The Balaban J connectivity index is 2.29. The van der Waals surface area contributed by atoms with Gasteiger partial charge >= 0.3 is 5.97 Å². The molecule has 0 radical (unpaired) electrons. The monoisotopic (exact) mass is 303 g/mol. The topological polar surface area (TPSA) is 58.9 Å². The molecule has 0 bridgehead atoms. The Morgan fingerprint density at radius 1 is 1.24 bits per heavy atom. The fourth-order valence-electron chi connectivity index (χ4n) is 2.05. The number of hydrogen-bond acceptors (Lipinski definition) is 4. The molecule has 0 amide bonds. The molecule has 2 rings (SSSR count). The molecule has 2 aromatic carbocycles. The van der Waals surface area contributed by atoms with Crippen LogP contribution in [0.25, 0.3) is 0 Å². The zero-order chi connectivity index (χ0) is 15.4. The molecule has 0 atom stereocenters. The van der Waals surface area contributed by atoms with Gasteiger partial charge in [0.05, 0.1) is 11.8 Å². The third-order valence-electron chi connectivity index (χ3n) is 2.94. The van der Waals surface area contributed by atoms with E-state index in [1.54, 1.807) is 36.4 Å². The number of rotatable bonds is 3. The summed E-state index contributed by atoms with van der Waals surface area (Å²) in [6, 6.07) is 10.1. The molecular weight excluding hydrogens is 290 g/mol. The molecule has 0 saturated carbocycles. The predicted octanol–water partition coefficient (Wildman–Crippen LogP) is 3.98. The maximum Gasteiger partial charge on any atom is 0.343 e. The van der Waals surface area contributed by atoms with E-state index in [0.29, 0.717) is 16.3 Å². The lowest BCUT2D eigenvalue weighted by Crippen LogP contribution is -2.10. The lowest BCUT2D eigenvalue weighted by atomic mass is 10.1. The zero-order valence-electron chi connectivity index (χ0n) is 11.6. The summed E-state index contributed by atoms with van der Waals surface area (Å²) in [4.78, 5) is 12.1. The summed E-state index contributed by atoms with van der Waals surface area (Å²) < 4.78 is 5.45. The van der Waals surface area contributed by atoms with Gasteiger partial charge in [-0.2, -0.15) is 0 Å². The number of benzene rings is 2. The number of aryl methyl sites for hydroxylation is 2. The Kier molecular flexibility index (Phi) is 4.60. The molecule has 0 saturated heterocycles. The first-order valence-corrected chi connectivity index (χ1v) is 6.65. The molecule has 108 valence electrons. The van der Waals surface area contributed by atoms with Crippen molar-refractivity contribution < 1.29 is 14.7 Å². The summed E-state index contributed by atoms with van der Waals surface area (Å²) in [5.41, 5.74) is 2.68. The summed E-state index contributed by atoms with van der Waals surface area (Å²) >= 11 is 5.86. The van der Waals surface area contributed by atoms with E-state index >= 15 is 0 Å². The summed E-state index contributed by atoms with van der Waals surface area (Å²) in [7, 11) is 0. The molecule has 0 aliphatic heterocycles. The molecule has 1 N–H and O–H groups in total. The number of oxime groups is 1. The SMILES string of the molecule is Cc1cc(/C=N/O)cc(C)c1OC(=O)c1cccc(Cl)c1. The number of nitrogens with zero attached hydrogens (tertiary/aromatic N) is 1. The van der Waals surface area contributed by atoms with Crippen molar-refractivity contribution in [3.05, 3.63) is 63.7 Å². The van der Waals surface area contributed by atoms with E-state index in [4.69, 9.17) is 21.5 Å². The highest BCUT2D eigenvalue weighted by Crippen LogP contribution is 2.25. The maximum atomic E-state index is 12.1. The first kappa shape index (κ1) is 15.1. The van der Waals surface area contributed by atoms with Gasteiger partial charge in [-0.25, -0.2) is 4.79 Å². The number of halogens is 1. The first-order valence-electron chi connectivity index (χ1n) is 6.27. The molecule has 0 aliphatic carbocycles. The highest BCUT2D eigenvalue weighted by molar-refractivity contribution is 6.30. The van der Waals surface area contributed by atoms with Crippen LogP contribution in [-0.4, -0.2) is 17.4 Å². The lowest BCUT2D eigenvalue weighted by molar-refractivity contribution is 0.0732. The molecular formula is C16H14ClNO3. The average Bonchev–Trinajstić information content (AvgIpc) is 2.43. The normalized spacial score (nSPS) is 10.8. The first-order chi connectivity index (χ1) is 10.0. The molecule has 5 heteroatoms. The molecule has 2 aromatic rings. The van der Waals surface area contributed by atoms with Crippen molar-refractivity contribution in [2.45, 2.75) is 13.8 Å². The van der Waals surface area contributed by atoms with Gasteiger partial charge in [0.1, 0.15) is 5.75 Å². The van der Waals surface area contributed by atoms with Crippen LogP contribution >= 0.6 is 11.6 Å². The molecule has 21 heavy (non-hydrogen) atoms. The second-order valence-corrected chi connectivity index (χ2v) is 5.06. The van der Waals surface area contributed by atoms with E-state index in [2.05, 4.69) is 5.16 Å². The highest BCUT2D eigenvalue weighted by atomic mass is 35.5. The van der Waals surface area contributed by atoms with Gasteiger partial charge in [0.2, 0.25) is 0 Å². The Morgan fingerprint density at radius 2 is 1.90 bits per heavy atom. The summed E-state index contributed by atoms with van der Waals surface area (Å²) in [6.07, 6.45) is 1.32. The Morgan fingerprint density at radius 3 is 2.48 bits per heavy atom. The van der Waals surface area contributed by atoms with Crippen LogP contribution in [-0.2, 0) is 0 Å². The van der Waals surface area contributed by atoms with Gasteiger partial charge in [-0.1, -0.05) is 22.8 Å². The predicted molar refractivity (Wildman–Crippen MR) is 81.7 cm³/mol. The van der Waals surface area contributed by atoms with Crippen LogP contribution in [0.4, 0.5) is 0 Å². The quantitative estimate of drug-likeness (QED) is 0.307. The van der Waals surface area contributed by atoms with E-state index < -0.39 is 5.97 Å². The van der Waals surface area contributed by atoms with E-state index in [1.807, 2.05) is 13.8 Å². The third kappa shape index (κ3) is 3.61. The van der Waals surface area contributed by atoms with Crippen LogP contribution in [0, 0.1) is 13.8 Å².